The minimum atomic E-state index is 1.20. The van der Waals surface area contributed by atoms with Crippen LogP contribution in [-0.4, -0.2) is 0 Å². The van der Waals surface area contributed by atoms with Crippen LogP contribution in [0.1, 0.15) is 22.3 Å². The van der Waals surface area contributed by atoms with Gasteiger partial charge in [0.2, 0.25) is 0 Å². The van der Waals surface area contributed by atoms with Crippen LogP contribution < -0.4 is 0 Å². The van der Waals surface area contributed by atoms with E-state index in [2.05, 4.69) is 146 Å². The molecule has 6 aromatic rings. The van der Waals surface area contributed by atoms with E-state index in [1.54, 1.807) is 0 Å². The van der Waals surface area contributed by atoms with E-state index in [0.717, 1.165) is 0 Å². The predicted octanol–water partition coefficient (Wildman–Crippen LogP) is 9.49. The monoisotopic (exact) mass is 432 g/mol. The number of hydrogen-bond donors (Lipinski definition) is 0. The first-order valence-corrected chi connectivity index (χ1v) is 11.7. The van der Waals surface area contributed by atoms with Gasteiger partial charge in [-0.05, 0) is 54.6 Å². The lowest BCUT2D eigenvalue weighted by Crippen LogP contribution is -1.89. The van der Waals surface area contributed by atoms with E-state index in [1.807, 2.05) is 0 Å². The number of rotatable bonds is 4. The maximum Gasteiger partial charge on any atom is -0.00204 e. The van der Waals surface area contributed by atoms with Gasteiger partial charge in [0.1, 0.15) is 0 Å². The first-order chi connectivity index (χ1) is 16.9. The van der Waals surface area contributed by atoms with Gasteiger partial charge in [-0.2, -0.15) is 0 Å². The van der Waals surface area contributed by atoms with E-state index in [1.165, 1.54) is 54.6 Å². The van der Waals surface area contributed by atoms with Crippen LogP contribution in [0.15, 0.2) is 121 Å². The highest BCUT2D eigenvalue weighted by Gasteiger charge is 2.12. The Labute approximate surface area is 200 Å². The summed E-state index contributed by atoms with van der Waals surface area (Å²) in [5, 5.41) is 7.78. The largest absolute Gasteiger partial charge is 0.0622 e. The third-order valence-corrected chi connectivity index (χ3v) is 6.48. The van der Waals surface area contributed by atoms with Crippen molar-refractivity contribution < 1.29 is 0 Å². The second kappa shape index (κ2) is 8.84. The van der Waals surface area contributed by atoms with Crippen LogP contribution in [0.25, 0.3) is 56.6 Å². The Morgan fingerprint density at radius 1 is 0.324 bits per heavy atom. The molecule has 0 fully saturated rings. The summed E-state index contributed by atoms with van der Waals surface area (Å²) in [5.74, 6) is 0. The molecule has 0 aromatic heterocycles. The molecule has 160 valence electrons. The summed E-state index contributed by atoms with van der Waals surface area (Å²) < 4.78 is 0. The average Bonchev–Trinajstić information content (AvgIpc) is 2.92. The second-order valence-electron chi connectivity index (χ2n) is 8.57. The lowest BCUT2D eigenvalue weighted by molar-refractivity contribution is 1.65. The lowest BCUT2D eigenvalue weighted by atomic mass is 9.89. The van der Waals surface area contributed by atoms with Crippen LogP contribution in [0.3, 0.4) is 0 Å². The summed E-state index contributed by atoms with van der Waals surface area (Å²) in [7, 11) is 0. The molecule has 0 aliphatic carbocycles. The molecule has 34 heavy (non-hydrogen) atoms. The molecule has 0 radical (unpaired) electrons. The predicted molar refractivity (Wildman–Crippen MR) is 150 cm³/mol. The first-order valence-electron chi connectivity index (χ1n) is 11.7. The summed E-state index contributed by atoms with van der Waals surface area (Å²) in [6.07, 6.45) is 8.94. The fourth-order valence-electron chi connectivity index (χ4n) is 4.86. The van der Waals surface area contributed by atoms with Crippen molar-refractivity contribution in [2.24, 2.45) is 0 Å². The molecule has 0 nitrogen and oxygen atoms in total. The van der Waals surface area contributed by atoms with Crippen LogP contribution in [0, 0.1) is 0 Å². The van der Waals surface area contributed by atoms with Gasteiger partial charge < -0.3 is 0 Å². The molecular weight excluding hydrogens is 408 g/mol. The summed E-state index contributed by atoms with van der Waals surface area (Å²) in [6.45, 7) is 0. The summed E-state index contributed by atoms with van der Waals surface area (Å²) >= 11 is 0. The standard InChI is InChI=1S/C34H24/c1-3-11-25(12-4-1)19-21-27-22-24-33-31-17-8-7-15-29(31)30-16-9-10-18-32(30)34(33)28(27)23-20-26-13-5-2-6-14-26/h1-24H. The van der Waals surface area contributed by atoms with E-state index in [-0.39, 0.29) is 0 Å². The van der Waals surface area contributed by atoms with Crippen molar-refractivity contribution in [3.05, 3.63) is 144 Å². The van der Waals surface area contributed by atoms with Gasteiger partial charge in [-0.15, -0.1) is 0 Å². The topological polar surface area (TPSA) is 0 Å². The zero-order valence-corrected chi connectivity index (χ0v) is 18.9. The Kier molecular flexibility index (Phi) is 5.26. The molecule has 6 rings (SSSR count). The molecule has 0 atom stereocenters. The van der Waals surface area contributed by atoms with Crippen molar-refractivity contribution in [1.82, 2.24) is 0 Å². The van der Waals surface area contributed by atoms with Crippen molar-refractivity contribution >= 4 is 56.6 Å². The summed E-state index contributed by atoms with van der Waals surface area (Å²) in [4.78, 5) is 0. The van der Waals surface area contributed by atoms with E-state index >= 15 is 0 Å². The van der Waals surface area contributed by atoms with Crippen molar-refractivity contribution in [3.8, 4) is 0 Å². The summed E-state index contributed by atoms with van der Waals surface area (Å²) in [6, 6.07) is 43.1. The van der Waals surface area contributed by atoms with Crippen molar-refractivity contribution in [3.63, 3.8) is 0 Å². The highest BCUT2D eigenvalue weighted by molar-refractivity contribution is 6.27. The Bertz CT molecular complexity index is 1630. The Morgan fingerprint density at radius 2 is 0.765 bits per heavy atom. The van der Waals surface area contributed by atoms with Gasteiger partial charge in [0.15, 0.2) is 0 Å². The minimum Gasteiger partial charge on any atom is -0.0622 e. The zero-order chi connectivity index (χ0) is 22.7. The molecule has 0 spiro atoms. The van der Waals surface area contributed by atoms with Gasteiger partial charge in [0.25, 0.3) is 0 Å². The maximum absolute atomic E-state index is 2.29. The lowest BCUT2D eigenvalue weighted by Gasteiger charge is -2.14. The van der Waals surface area contributed by atoms with Gasteiger partial charge in [-0.25, -0.2) is 0 Å². The molecule has 0 aliphatic heterocycles. The molecule has 0 bridgehead atoms. The fraction of sp³-hybridized carbons (Fsp3) is 0. The second-order valence-corrected chi connectivity index (χ2v) is 8.57. The van der Waals surface area contributed by atoms with Gasteiger partial charge in [0.05, 0.1) is 0 Å². The molecule has 0 saturated carbocycles. The molecule has 0 aliphatic rings. The third kappa shape index (κ3) is 3.70. The van der Waals surface area contributed by atoms with Crippen LogP contribution in [0.2, 0.25) is 0 Å². The summed E-state index contributed by atoms with van der Waals surface area (Å²) in [5.41, 5.74) is 4.85. The molecule has 6 aromatic carbocycles. The number of hydrogen-bond acceptors (Lipinski definition) is 0. The quantitative estimate of drug-likeness (QED) is 0.192. The third-order valence-electron chi connectivity index (χ3n) is 6.48. The highest BCUT2D eigenvalue weighted by atomic mass is 14.2. The molecule has 0 saturated heterocycles. The van der Waals surface area contributed by atoms with Gasteiger partial charge in [0, 0.05) is 0 Å². The fourth-order valence-corrected chi connectivity index (χ4v) is 4.86. The van der Waals surface area contributed by atoms with Crippen molar-refractivity contribution in [2.45, 2.75) is 0 Å². The molecular formula is C34H24. The maximum atomic E-state index is 2.29. The number of benzene rings is 6. The Hall–Kier alpha value is -4.42. The minimum absolute atomic E-state index is 1.20. The Balaban J connectivity index is 1.68. The first kappa shape index (κ1) is 20.2. The van der Waals surface area contributed by atoms with Crippen molar-refractivity contribution in [1.29, 1.82) is 0 Å². The molecule has 0 heteroatoms. The van der Waals surface area contributed by atoms with Gasteiger partial charge in [-0.1, -0.05) is 146 Å². The molecule has 0 amide bonds. The number of fused-ring (bicyclic) bond motifs is 6. The van der Waals surface area contributed by atoms with Crippen LogP contribution in [0.4, 0.5) is 0 Å². The van der Waals surface area contributed by atoms with Gasteiger partial charge >= 0.3 is 0 Å². The van der Waals surface area contributed by atoms with Crippen LogP contribution >= 0.6 is 0 Å². The van der Waals surface area contributed by atoms with Crippen molar-refractivity contribution in [2.75, 3.05) is 0 Å². The van der Waals surface area contributed by atoms with E-state index in [0.29, 0.717) is 0 Å². The highest BCUT2D eigenvalue weighted by Crippen LogP contribution is 2.38. The van der Waals surface area contributed by atoms with Crippen LogP contribution in [0.5, 0.6) is 0 Å². The zero-order valence-electron chi connectivity index (χ0n) is 18.9. The Morgan fingerprint density at radius 3 is 1.35 bits per heavy atom. The van der Waals surface area contributed by atoms with E-state index in [4.69, 9.17) is 0 Å². The van der Waals surface area contributed by atoms with Gasteiger partial charge in [-0.3, -0.25) is 0 Å². The molecule has 0 N–H and O–H groups in total. The van der Waals surface area contributed by atoms with Crippen LogP contribution in [-0.2, 0) is 0 Å². The SMILES string of the molecule is C(=Cc1ccc2c3ccccc3c3ccccc3c2c1C=Cc1ccccc1)c1ccccc1. The van der Waals surface area contributed by atoms with E-state index < -0.39 is 0 Å². The smallest absolute Gasteiger partial charge is 0.00204 e. The molecule has 0 unspecified atom stereocenters. The average molecular weight is 433 g/mol. The molecule has 0 heterocycles. The van der Waals surface area contributed by atoms with E-state index in [9.17, 15) is 0 Å². The normalized spacial score (nSPS) is 11.9.